The first kappa shape index (κ1) is 10.2. The number of ketones is 1. The fourth-order valence-corrected chi connectivity index (χ4v) is 1.84. The Kier molecular flexibility index (Phi) is 2.74. The number of hydrogen-bond donors (Lipinski definition) is 0. The van der Waals surface area contributed by atoms with Gasteiger partial charge in [0.1, 0.15) is 0 Å². The summed E-state index contributed by atoms with van der Waals surface area (Å²) in [4.78, 5) is 12.0. The third-order valence-corrected chi connectivity index (χ3v) is 3.30. The average molecular weight is 178 g/mol. The van der Waals surface area contributed by atoms with Gasteiger partial charge in [-0.1, -0.05) is 26.0 Å². The Bertz CT molecular complexity index is 277. The van der Waals surface area contributed by atoms with Crippen LogP contribution < -0.4 is 0 Å². The first-order chi connectivity index (χ1) is 6.07. The van der Waals surface area contributed by atoms with Crippen molar-refractivity contribution in [2.24, 2.45) is 5.41 Å². The number of rotatable bonds is 2. The second-order valence-corrected chi connectivity index (χ2v) is 3.83. The molecule has 0 N–H and O–H groups in total. The van der Waals surface area contributed by atoms with Crippen molar-refractivity contribution in [2.45, 2.75) is 40.5 Å². The molecule has 1 nitrogen and oxygen atoms in total. The Labute approximate surface area is 80.5 Å². The van der Waals surface area contributed by atoms with Crippen LogP contribution in [0.2, 0.25) is 0 Å². The van der Waals surface area contributed by atoms with Crippen molar-refractivity contribution in [3.05, 3.63) is 23.3 Å². The van der Waals surface area contributed by atoms with E-state index >= 15 is 0 Å². The molecule has 0 aromatic rings. The number of Topliss-reactive ketones (excluding diaryl/α,β-unsaturated/α-hetero) is 1. The molecule has 0 fully saturated rings. The molecule has 0 aromatic carbocycles. The monoisotopic (exact) mass is 178 g/mol. The smallest absolute Gasteiger partial charge is 0.168 e. The van der Waals surface area contributed by atoms with Crippen LogP contribution in [0.4, 0.5) is 0 Å². The number of hydrogen-bond acceptors (Lipinski definition) is 1. The summed E-state index contributed by atoms with van der Waals surface area (Å²) in [5.41, 5.74) is 1.84. The van der Waals surface area contributed by atoms with Crippen molar-refractivity contribution >= 4 is 5.78 Å². The maximum Gasteiger partial charge on any atom is 0.168 e. The fourth-order valence-electron chi connectivity index (χ4n) is 1.84. The summed E-state index contributed by atoms with van der Waals surface area (Å²) in [5, 5.41) is 0. The predicted octanol–water partition coefficient (Wildman–Crippen LogP) is 3.27. The summed E-state index contributed by atoms with van der Waals surface area (Å²) in [6, 6.07) is 0. The summed E-state index contributed by atoms with van der Waals surface area (Å²) in [5.74, 6) is 0.317. The first-order valence-corrected chi connectivity index (χ1v) is 4.99. The SMILES string of the molecule is CCC1(CC)C=CC(C)=C(C)C1=O. The van der Waals surface area contributed by atoms with Crippen molar-refractivity contribution in [1.29, 1.82) is 0 Å². The van der Waals surface area contributed by atoms with Crippen molar-refractivity contribution < 1.29 is 4.79 Å². The van der Waals surface area contributed by atoms with Crippen molar-refractivity contribution in [2.75, 3.05) is 0 Å². The van der Waals surface area contributed by atoms with Crippen molar-refractivity contribution in [3.8, 4) is 0 Å². The van der Waals surface area contributed by atoms with Crippen LogP contribution in [-0.2, 0) is 4.79 Å². The Balaban J connectivity index is 3.11. The van der Waals surface area contributed by atoms with Crippen LogP contribution in [0.25, 0.3) is 0 Å². The van der Waals surface area contributed by atoms with Gasteiger partial charge in [0.15, 0.2) is 5.78 Å². The highest BCUT2D eigenvalue weighted by Gasteiger charge is 2.34. The molecule has 1 rings (SSSR count). The highest BCUT2D eigenvalue weighted by molar-refractivity contribution is 6.02. The zero-order valence-corrected chi connectivity index (χ0v) is 8.98. The van der Waals surface area contributed by atoms with Gasteiger partial charge in [-0.3, -0.25) is 4.79 Å². The predicted molar refractivity (Wildman–Crippen MR) is 55.5 cm³/mol. The lowest BCUT2D eigenvalue weighted by atomic mass is 9.72. The van der Waals surface area contributed by atoms with E-state index in [0.29, 0.717) is 5.78 Å². The lowest BCUT2D eigenvalue weighted by molar-refractivity contribution is -0.123. The molecule has 0 saturated heterocycles. The minimum atomic E-state index is -0.205. The summed E-state index contributed by atoms with van der Waals surface area (Å²) in [7, 11) is 0. The minimum Gasteiger partial charge on any atom is -0.294 e. The van der Waals surface area contributed by atoms with E-state index in [-0.39, 0.29) is 5.41 Å². The largest absolute Gasteiger partial charge is 0.294 e. The molecule has 0 aliphatic heterocycles. The third-order valence-electron chi connectivity index (χ3n) is 3.30. The maximum atomic E-state index is 12.0. The Morgan fingerprint density at radius 2 is 1.77 bits per heavy atom. The van der Waals surface area contributed by atoms with Crippen molar-refractivity contribution in [1.82, 2.24) is 0 Å². The summed E-state index contributed by atoms with van der Waals surface area (Å²) < 4.78 is 0. The van der Waals surface area contributed by atoms with Gasteiger partial charge in [-0.25, -0.2) is 0 Å². The topological polar surface area (TPSA) is 17.1 Å². The van der Waals surface area contributed by atoms with Gasteiger partial charge in [0.2, 0.25) is 0 Å². The molecule has 0 heterocycles. The van der Waals surface area contributed by atoms with E-state index in [4.69, 9.17) is 0 Å². The molecule has 0 saturated carbocycles. The van der Waals surface area contributed by atoms with Crippen LogP contribution in [0.3, 0.4) is 0 Å². The summed E-state index contributed by atoms with van der Waals surface area (Å²) >= 11 is 0. The van der Waals surface area contributed by atoms with E-state index in [2.05, 4.69) is 26.0 Å². The van der Waals surface area contributed by atoms with Gasteiger partial charge in [0.25, 0.3) is 0 Å². The van der Waals surface area contributed by atoms with E-state index < -0.39 is 0 Å². The highest BCUT2D eigenvalue weighted by Crippen LogP contribution is 2.36. The van der Waals surface area contributed by atoms with Crippen LogP contribution in [0.5, 0.6) is 0 Å². The zero-order valence-electron chi connectivity index (χ0n) is 8.98. The number of allylic oxidation sites excluding steroid dienone is 4. The normalized spacial score (nSPS) is 21.1. The molecule has 0 unspecified atom stereocenters. The van der Waals surface area contributed by atoms with Crippen LogP contribution >= 0.6 is 0 Å². The molecule has 1 heteroatoms. The summed E-state index contributed by atoms with van der Waals surface area (Å²) in [6.07, 6.45) is 5.98. The molecule has 1 aliphatic carbocycles. The van der Waals surface area contributed by atoms with Gasteiger partial charge in [0, 0.05) is 0 Å². The molecule has 1 aliphatic rings. The lowest BCUT2D eigenvalue weighted by Gasteiger charge is -2.30. The maximum absolute atomic E-state index is 12.0. The van der Waals surface area contributed by atoms with Gasteiger partial charge in [-0.15, -0.1) is 0 Å². The van der Waals surface area contributed by atoms with E-state index in [0.717, 1.165) is 24.0 Å². The van der Waals surface area contributed by atoms with E-state index in [1.54, 1.807) is 0 Å². The van der Waals surface area contributed by atoms with E-state index in [1.165, 1.54) is 0 Å². The average Bonchev–Trinajstić information content (AvgIpc) is 2.16. The van der Waals surface area contributed by atoms with Crippen LogP contribution in [0.15, 0.2) is 23.3 Å². The molecule has 72 valence electrons. The Hall–Kier alpha value is -0.850. The standard InChI is InChI=1S/C12H18O/c1-5-12(6-2)8-7-9(3)10(4)11(12)13/h7-8H,5-6H2,1-4H3. The molecular weight excluding hydrogens is 160 g/mol. The Morgan fingerprint density at radius 3 is 2.23 bits per heavy atom. The highest BCUT2D eigenvalue weighted by atomic mass is 16.1. The first-order valence-electron chi connectivity index (χ1n) is 4.99. The van der Waals surface area contributed by atoms with Gasteiger partial charge >= 0.3 is 0 Å². The number of carbonyl (C=O) groups is 1. The van der Waals surface area contributed by atoms with Gasteiger partial charge in [0.05, 0.1) is 5.41 Å². The quantitative estimate of drug-likeness (QED) is 0.634. The third kappa shape index (κ3) is 1.48. The van der Waals surface area contributed by atoms with Crippen LogP contribution in [-0.4, -0.2) is 5.78 Å². The van der Waals surface area contributed by atoms with E-state index in [1.807, 2.05) is 13.8 Å². The second kappa shape index (κ2) is 3.49. The van der Waals surface area contributed by atoms with Crippen LogP contribution in [0.1, 0.15) is 40.5 Å². The van der Waals surface area contributed by atoms with Gasteiger partial charge < -0.3 is 0 Å². The summed E-state index contributed by atoms with van der Waals surface area (Å²) in [6.45, 7) is 8.10. The molecule has 0 bridgehead atoms. The number of carbonyl (C=O) groups excluding carboxylic acids is 1. The molecule has 0 atom stereocenters. The fraction of sp³-hybridized carbons (Fsp3) is 0.583. The molecule has 13 heavy (non-hydrogen) atoms. The van der Waals surface area contributed by atoms with Gasteiger partial charge in [-0.05, 0) is 37.8 Å². The van der Waals surface area contributed by atoms with Crippen molar-refractivity contribution in [3.63, 3.8) is 0 Å². The molecule has 0 radical (unpaired) electrons. The molecule has 0 amide bonds. The second-order valence-electron chi connectivity index (χ2n) is 3.83. The van der Waals surface area contributed by atoms with Gasteiger partial charge in [-0.2, -0.15) is 0 Å². The van der Waals surface area contributed by atoms with Crippen LogP contribution in [0, 0.1) is 5.41 Å². The van der Waals surface area contributed by atoms with E-state index in [9.17, 15) is 4.79 Å². The Morgan fingerprint density at radius 1 is 1.23 bits per heavy atom. The molecule has 0 spiro atoms. The zero-order chi connectivity index (χ0) is 10.1. The molecule has 0 aromatic heterocycles. The lowest BCUT2D eigenvalue weighted by Crippen LogP contribution is -2.30. The minimum absolute atomic E-state index is 0.205. The molecular formula is C12H18O.